The minimum atomic E-state index is -3.26. The molecule has 0 N–H and O–H groups in total. The van der Waals surface area contributed by atoms with Crippen LogP contribution >= 0.6 is 0 Å². The molecule has 0 amide bonds. The molecule has 0 radical (unpaired) electrons. The number of aromatic nitrogens is 4. The molecule has 2 aromatic heterocycles. The molecule has 51 heavy (non-hydrogen) atoms. The lowest BCUT2D eigenvalue weighted by atomic mass is 9.97. The molecule has 8 aromatic rings. The first-order valence-corrected chi connectivity index (χ1v) is 16.7. The van der Waals surface area contributed by atoms with Gasteiger partial charge in [0.15, 0.2) is 17.5 Å². The number of halogens is 2. The van der Waals surface area contributed by atoms with E-state index in [-0.39, 0.29) is 11.1 Å². The lowest BCUT2D eigenvalue weighted by Crippen LogP contribution is -2.11. The Labute approximate surface area is 293 Å². The summed E-state index contributed by atoms with van der Waals surface area (Å²) in [6, 6.07) is 53.5. The Morgan fingerprint density at radius 3 is 1.22 bits per heavy atom. The fourth-order valence-electron chi connectivity index (χ4n) is 6.69. The van der Waals surface area contributed by atoms with Gasteiger partial charge in [0, 0.05) is 38.9 Å². The highest BCUT2D eigenvalue weighted by Gasteiger charge is 2.45. The van der Waals surface area contributed by atoms with E-state index < -0.39 is 5.92 Å². The number of hydrogen-bond donors (Lipinski definition) is 0. The topological polar surface area (TPSA) is 51.6 Å². The largest absolute Gasteiger partial charge is 0.299 e. The third-order valence-corrected chi connectivity index (χ3v) is 9.26. The number of fused-ring (bicyclic) bond motifs is 3. The molecule has 6 heteroatoms. The van der Waals surface area contributed by atoms with Crippen LogP contribution in [0, 0.1) is 0 Å². The summed E-state index contributed by atoms with van der Waals surface area (Å²) in [5.41, 5.74) is 7.92. The summed E-state index contributed by atoms with van der Waals surface area (Å²) in [4.78, 5) is 19.3. The standard InChI is InChI=1S/C45H28F2N4/c46-45(47)38-25-33(41-28-35(29-13-5-1-6-14-29)27-40(48-41)30-15-7-2-8-16-30)21-23-36(38)37-24-22-34(26-39(37)45)44-50-42(31-17-9-3-10-18-31)49-43(51-44)32-19-11-4-12-20-32/h1-28H. The van der Waals surface area contributed by atoms with Gasteiger partial charge in [0.05, 0.1) is 11.4 Å². The van der Waals surface area contributed by atoms with Crippen molar-refractivity contribution in [2.24, 2.45) is 0 Å². The number of pyridine rings is 1. The smallest absolute Gasteiger partial charge is 0.248 e. The first kappa shape index (κ1) is 30.4. The van der Waals surface area contributed by atoms with E-state index >= 15 is 8.78 Å². The van der Waals surface area contributed by atoms with E-state index in [1.165, 1.54) is 6.07 Å². The van der Waals surface area contributed by atoms with E-state index in [4.69, 9.17) is 19.9 Å². The summed E-state index contributed by atoms with van der Waals surface area (Å²) in [7, 11) is 0. The molecule has 2 heterocycles. The Morgan fingerprint density at radius 2 is 0.706 bits per heavy atom. The lowest BCUT2D eigenvalue weighted by Gasteiger charge is -2.15. The highest BCUT2D eigenvalue weighted by Crippen LogP contribution is 2.52. The van der Waals surface area contributed by atoms with Crippen molar-refractivity contribution in [3.05, 3.63) is 181 Å². The van der Waals surface area contributed by atoms with Crippen LogP contribution in [0.25, 0.3) is 78.9 Å². The van der Waals surface area contributed by atoms with Gasteiger partial charge in [0.1, 0.15) is 0 Å². The van der Waals surface area contributed by atoms with Gasteiger partial charge >= 0.3 is 0 Å². The maximum atomic E-state index is 16.6. The zero-order valence-electron chi connectivity index (χ0n) is 27.2. The Morgan fingerprint density at radius 1 is 0.314 bits per heavy atom. The fourth-order valence-corrected chi connectivity index (χ4v) is 6.69. The SMILES string of the molecule is FC1(F)c2cc(-c3cc(-c4ccccc4)cc(-c4ccccc4)n3)ccc2-c2ccc(-c3nc(-c4ccccc4)nc(-c4ccccc4)n3)cc21. The number of alkyl halides is 2. The predicted molar refractivity (Wildman–Crippen MR) is 199 cm³/mol. The molecular weight excluding hydrogens is 635 g/mol. The normalized spacial score (nSPS) is 12.7. The van der Waals surface area contributed by atoms with E-state index in [1.54, 1.807) is 18.2 Å². The third kappa shape index (κ3) is 5.57. The zero-order valence-corrected chi connectivity index (χ0v) is 27.2. The number of nitrogens with zero attached hydrogens (tertiary/aromatic N) is 4. The van der Waals surface area contributed by atoms with Crippen LogP contribution in [-0.2, 0) is 5.92 Å². The molecule has 0 aliphatic heterocycles. The molecule has 0 bridgehead atoms. The first-order valence-electron chi connectivity index (χ1n) is 16.7. The van der Waals surface area contributed by atoms with Gasteiger partial charge in [-0.25, -0.2) is 19.9 Å². The molecule has 0 fully saturated rings. The fraction of sp³-hybridized carbons (Fsp3) is 0.0222. The molecule has 0 saturated carbocycles. The molecule has 1 aliphatic rings. The molecule has 9 rings (SSSR count). The van der Waals surface area contributed by atoms with Crippen LogP contribution in [0.4, 0.5) is 8.78 Å². The second kappa shape index (κ2) is 12.3. The second-order valence-corrected chi connectivity index (χ2v) is 12.5. The van der Waals surface area contributed by atoms with Gasteiger partial charge < -0.3 is 0 Å². The van der Waals surface area contributed by atoms with Gasteiger partial charge in [-0.2, -0.15) is 8.78 Å². The summed E-state index contributed by atoms with van der Waals surface area (Å²) in [6.07, 6.45) is 0. The lowest BCUT2D eigenvalue weighted by molar-refractivity contribution is 0.0481. The molecule has 0 spiro atoms. The zero-order chi connectivity index (χ0) is 34.4. The average molecular weight is 663 g/mol. The summed E-state index contributed by atoms with van der Waals surface area (Å²) < 4.78 is 33.2. The quantitative estimate of drug-likeness (QED) is 0.178. The summed E-state index contributed by atoms with van der Waals surface area (Å²) in [5.74, 6) is -1.99. The van der Waals surface area contributed by atoms with Crippen molar-refractivity contribution >= 4 is 0 Å². The predicted octanol–water partition coefficient (Wildman–Crippen LogP) is 11.4. The van der Waals surface area contributed by atoms with Gasteiger partial charge in [-0.15, -0.1) is 0 Å². The summed E-state index contributed by atoms with van der Waals surface area (Å²) in [6.45, 7) is 0. The second-order valence-electron chi connectivity index (χ2n) is 12.5. The monoisotopic (exact) mass is 662 g/mol. The van der Waals surface area contributed by atoms with Crippen molar-refractivity contribution in [1.82, 2.24) is 19.9 Å². The van der Waals surface area contributed by atoms with Crippen LogP contribution in [0.1, 0.15) is 11.1 Å². The Bertz CT molecular complexity index is 2250. The minimum Gasteiger partial charge on any atom is -0.248 e. The first-order chi connectivity index (χ1) is 25.0. The molecule has 242 valence electrons. The number of benzene rings is 6. The third-order valence-electron chi connectivity index (χ3n) is 9.26. The molecule has 4 nitrogen and oxygen atoms in total. The Balaban J connectivity index is 1.14. The van der Waals surface area contributed by atoms with E-state index in [0.717, 1.165) is 33.5 Å². The van der Waals surface area contributed by atoms with E-state index in [0.29, 0.717) is 45.4 Å². The van der Waals surface area contributed by atoms with Crippen molar-refractivity contribution in [2.75, 3.05) is 0 Å². The van der Waals surface area contributed by atoms with Crippen LogP contribution in [0.3, 0.4) is 0 Å². The molecule has 1 aliphatic carbocycles. The van der Waals surface area contributed by atoms with E-state index in [2.05, 4.69) is 0 Å². The average Bonchev–Trinajstić information content (AvgIpc) is 3.43. The molecule has 0 unspecified atom stereocenters. The number of rotatable bonds is 6. The molecular formula is C45H28F2N4. The Hall–Kier alpha value is -6.66. The highest BCUT2D eigenvalue weighted by atomic mass is 19.3. The van der Waals surface area contributed by atoms with Gasteiger partial charge in [-0.05, 0) is 46.5 Å². The van der Waals surface area contributed by atoms with E-state index in [9.17, 15) is 0 Å². The van der Waals surface area contributed by atoms with E-state index in [1.807, 2.05) is 146 Å². The van der Waals surface area contributed by atoms with Crippen LogP contribution in [-0.4, -0.2) is 19.9 Å². The Kier molecular flexibility index (Phi) is 7.36. The molecule has 6 aromatic carbocycles. The van der Waals surface area contributed by atoms with Crippen molar-refractivity contribution < 1.29 is 8.78 Å². The van der Waals surface area contributed by atoms with Crippen LogP contribution < -0.4 is 0 Å². The van der Waals surface area contributed by atoms with Crippen LogP contribution in [0.5, 0.6) is 0 Å². The summed E-state index contributed by atoms with van der Waals surface area (Å²) >= 11 is 0. The number of hydrogen-bond acceptors (Lipinski definition) is 4. The van der Waals surface area contributed by atoms with Gasteiger partial charge in [-0.3, -0.25) is 0 Å². The van der Waals surface area contributed by atoms with Crippen LogP contribution in [0.2, 0.25) is 0 Å². The van der Waals surface area contributed by atoms with Gasteiger partial charge in [0.25, 0.3) is 5.92 Å². The molecule has 0 saturated heterocycles. The minimum absolute atomic E-state index is 0.0501. The maximum Gasteiger partial charge on any atom is 0.299 e. The van der Waals surface area contributed by atoms with Crippen molar-refractivity contribution in [3.63, 3.8) is 0 Å². The maximum absolute atomic E-state index is 16.6. The summed E-state index contributed by atoms with van der Waals surface area (Å²) in [5, 5.41) is 0. The van der Waals surface area contributed by atoms with Gasteiger partial charge in [-0.1, -0.05) is 146 Å². The van der Waals surface area contributed by atoms with Crippen molar-refractivity contribution in [3.8, 4) is 78.9 Å². The van der Waals surface area contributed by atoms with Gasteiger partial charge in [0.2, 0.25) is 0 Å². The van der Waals surface area contributed by atoms with Crippen molar-refractivity contribution in [1.29, 1.82) is 0 Å². The molecule has 0 atom stereocenters. The highest BCUT2D eigenvalue weighted by molar-refractivity contribution is 5.85. The van der Waals surface area contributed by atoms with Crippen LogP contribution in [0.15, 0.2) is 170 Å². The van der Waals surface area contributed by atoms with Crippen molar-refractivity contribution in [2.45, 2.75) is 5.92 Å².